The van der Waals surface area contributed by atoms with Crippen molar-refractivity contribution in [3.63, 3.8) is 0 Å². The highest BCUT2D eigenvalue weighted by atomic mass is 35.5. The number of carbonyl (C=O) groups is 1. The fourth-order valence-electron chi connectivity index (χ4n) is 4.37. The van der Waals surface area contributed by atoms with E-state index in [1.165, 1.54) is 11.1 Å². The van der Waals surface area contributed by atoms with Crippen molar-refractivity contribution >= 4 is 27.3 Å². The summed E-state index contributed by atoms with van der Waals surface area (Å²) in [6.07, 6.45) is 1.79. The van der Waals surface area contributed by atoms with Crippen LogP contribution < -0.4 is 0 Å². The molecule has 5 nitrogen and oxygen atoms in total. The second-order valence-electron chi connectivity index (χ2n) is 8.64. The zero-order valence-electron chi connectivity index (χ0n) is 18.8. The fourth-order valence-corrected chi connectivity index (χ4v) is 6.57. The Hall–Kier alpha value is -2.70. The van der Waals surface area contributed by atoms with Crippen molar-refractivity contribution in [3.8, 4) is 0 Å². The SMILES string of the molecule is Cc1ccc(C2CCN(C(=O)c3cccc(CS(=O)(=O)c4c(C)cccc4Cl)n3)CC2)cc1. The first-order chi connectivity index (χ1) is 15.7. The van der Waals surface area contributed by atoms with Gasteiger partial charge in [0.1, 0.15) is 5.69 Å². The third-order valence-corrected chi connectivity index (χ3v) is 8.44. The van der Waals surface area contributed by atoms with Crippen LogP contribution >= 0.6 is 11.6 Å². The number of rotatable bonds is 5. The van der Waals surface area contributed by atoms with E-state index in [1.54, 1.807) is 43.3 Å². The molecule has 172 valence electrons. The van der Waals surface area contributed by atoms with Gasteiger partial charge in [0.2, 0.25) is 0 Å². The van der Waals surface area contributed by atoms with E-state index in [2.05, 4.69) is 36.2 Å². The van der Waals surface area contributed by atoms with Gasteiger partial charge in [-0.05, 0) is 61.9 Å². The van der Waals surface area contributed by atoms with Crippen LogP contribution in [-0.2, 0) is 15.6 Å². The van der Waals surface area contributed by atoms with E-state index in [0.29, 0.717) is 30.3 Å². The van der Waals surface area contributed by atoms with Gasteiger partial charge in [0.25, 0.3) is 5.91 Å². The Morgan fingerprint density at radius 1 is 1.00 bits per heavy atom. The van der Waals surface area contributed by atoms with Crippen molar-refractivity contribution in [2.75, 3.05) is 13.1 Å². The minimum absolute atomic E-state index is 0.114. The van der Waals surface area contributed by atoms with Gasteiger partial charge in [0.05, 0.1) is 21.4 Å². The number of sulfone groups is 1. The van der Waals surface area contributed by atoms with Crippen molar-refractivity contribution in [3.05, 3.63) is 93.8 Å². The Balaban J connectivity index is 1.46. The number of piperidine rings is 1. The highest BCUT2D eigenvalue weighted by Crippen LogP contribution is 2.30. The van der Waals surface area contributed by atoms with Crippen LogP contribution in [0.3, 0.4) is 0 Å². The molecule has 7 heteroatoms. The molecule has 1 saturated heterocycles. The molecule has 0 saturated carbocycles. The first-order valence-electron chi connectivity index (χ1n) is 11.0. The number of hydrogen-bond acceptors (Lipinski definition) is 4. The molecule has 1 aliphatic rings. The van der Waals surface area contributed by atoms with Crippen LogP contribution in [0.5, 0.6) is 0 Å². The lowest BCUT2D eigenvalue weighted by Crippen LogP contribution is -2.38. The zero-order chi connectivity index (χ0) is 23.6. The molecular weight excluding hydrogens is 456 g/mol. The predicted molar refractivity (Wildman–Crippen MR) is 130 cm³/mol. The standard InChI is InChI=1S/C26H27ClN2O3S/c1-18-9-11-20(12-10-18)21-13-15-29(16-14-21)26(30)24-8-4-6-22(28-24)17-33(31,32)25-19(2)5-3-7-23(25)27/h3-12,21H,13-17H2,1-2H3. The molecule has 3 aromatic rings. The number of benzene rings is 2. The summed E-state index contributed by atoms with van der Waals surface area (Å²) >= 11 is 6.17. The molecule has 0 atom stereocenters. The summed E-state index contributed by atoms with van der Waals surface area (Å²) in [5.41, 5.74) is 3.74. The number of aryl methyl sites for hydroxylation is 2. The Labute approximate surface area is 200 Å². The van der Waals surface area contributed by atoms with Gasteiger partial charge < -0.3 is 4.90 Å². The molecule has 4 rings (SSSR count). The second-order valence-corrected chi connectivity index (χ2v) is 11.0. The minimum Gasteiger partial charge on any atom is -0.337 e. The van der Waals surface area contributed by atoms with Crippen LogP contribution in [0.15, 0.2) is 65.6 Å². The lowest BCUT2D eigenvalue weighted by molar-refractivity contribution is 0.0706. The molecule has 0 N–H and O–H groups in total. The molecule has 2 aromatic carbocycles. The van der Waals surface area contributed by atoms with E-state index in [4.69, 9.17) is 11.6 Å². The van der Waals surface area contributed by atoms with E-state index < -0.39 is 9.84 Å². The van der Waals surface area contributed by atoms with Crippen LogP contribution in [0.1, 0.15) is 51.6 Å². The molecule has 0 unspecified atom stereocenters. The first kappa shape index (κ1) is 23.5. The van der Waals surface area contributed by atoms with E-state index in [9.17, 15) is 13.2 Å². The summed E-state index contributed by atoms with van der Waals surface area (Å²) < 4.78 is 26.0. The van der Waals surface area contributed by atoms with E-state index in [0.717, 1.165) is 12.8 Å². The molecule has 2 heterocycles. The quantitative estimate of drug-likeness (QED) is 0.492. The van der Waals surface area contributed by atoms with E-state index >= 15 is 0 Å². The Morgan fingerprint density at radius 2 is 1.67 bits per heavy atom. The number of likely N-dealkylation sites (tertiary alicyclic amines) is 1. The highest BCUT2D eigenvalue weighted by Gasteiger charge is 2.26. The molecule has 0 spiro atoms. The normalized spacial score (nSPS) is 14.9. The maximum atomic E-state index is 13.1. The van der Waals surface area contributed by atoms with Crippen molar-refractivity contribution in [2.24, 2.45) is 0 Å². The summed E-state index contributed by atoms with van der Waals surface area (Å²) in [6.45, 7) is 5.10. The average Bonchev–Trinajstić information content (AvgIpc) is 2.79. The third kappa shape index (κ3) is 5.28. The Morgan fingerprint density at radius 3 is 2.33 bits per heavy atom. The summed E-state index contributed by atoms with van der Waals surface area (Å²) in [6, 6.07) is 18.5. The summed E-state index contributed by atoms with van der Waals surface area (Å²) in [5.74, 6) is -0.0303. The van der Waals surface area contributed by atoms with Gasteiger partial charge in [-0.15, -0.1) is 0 Å². The first-order valence-corrected chi connectivity index (χ1v) is 13.1. The molecule has 1 aromatic heterocycles. The van der Waals surface area contributed by atoms with Crippen molar-refractivity contribution in [1.82, 2.24) is 9.88 Å². The van der Waals surface area contributed by atoms with E-state index in [1.807, 2.05) is 4.90 Å². The summed E-state index contributed by atoms with van der Waals surface area (Å²) in [4.78, 5) is 19.4. The average molecular weight is 483 g/mol. The van der Waals surface area contributed by atoms with Crippen molar-refractivity contribution < 1.29 is 13.2 Å². The molecule has 0 aliphatic carbocycles. The number of amides is 1. The molecular formula is C26H27ClN2O3S. The lowest BCUT2D eigenvalue weighted by Gasteiger charge is -2.32. The van der Waals surface area contributed by atoms with Crippen molar-refractivity contribution in [2.45, 2.75) is 43.3 Å². The van der Waals surface area contributed by atoms with Crippen LogP contribution in [0.4, 0.5) is 0 Å². The van der Waals surface area contributed by atoms with Gasteiger partial charge in [-0.1, -0.05) is 59.6 Å². The van der Waals surface area contributed by atoms with Crippen molar-refractivity contribution in [1.29, 1.82) is 0 Å². The van der Waals surface area contributed by atoms with Gasteiger partial charge in [-0.25, -0.2) is 13.4 Å². The van der Waals surface area contributed by atoms with Crippen LogP contribution in [-0.4, -0.2) is 37.3 Å². The number of nitrogens with zero attached hydrogens (tertiary/aromatic N) is 2. The largest absolute Gasteiger partial charge is 0.337 e. The van der Waals surface area contributed by atoms with Crippen LogP contribution in [0, 0.1) is 13.8 Å². The third-order valence-electron chi connectivity index (χ3n) is 6.17. The smallest absolute Gasteiger partial charge is 0.272 e. The zero-order valence-corrected chi connectivity index (χ0v) is 20.4. The van der Waals surface area contributed by atoms with Gasteiger partial charge >= 0.3 is 0 Å². The predicted octanol–water partition coefficient (Wildman–Crippen LogP) is 5.35. The van der Waals surface area contributed by atoms with Gasteiger partial charge in [-0.2, -0.15) is 0 Å². The monoisotopic (exact) mass is 482 g/mol. The minimum atomic E-state index is -3.70. The van der Waals surface area contributed by atoms with Crippen LogP contribution in [0.25, 0.3) is 0 Å². The molecule has 1 amide bonds. The maximum Gasteiger partial charge on any atom is 0.272 e. The maximum absolute atomic E-state index is 13.1. The Kier molecular flexibility index (Phi) is 6.86. The fraction of sp³-hybridized carbons (Fsp3) is 0.308. The van der Waals surface area contributed by atoms with Gasteiger partial charge in [0.15, 0.2) is 9.84 Å². The number of aromatic nitrogens is 1. The highest BCUT2D eigenvalue weighted by molar-refractivity contribution is 7.90. The molecule has 0 bridgehead atoms. The summed E-state index contributed by atoms with van der Waals surface area (Å²) in [5, 5.41) is 0.193. The topological polar surface area (TPSA) is 67.3 Å². The number of hydrogen-bond donors (Lipinski definition) is 0. The molecule has 1 fully saturated rings. The molecule has 33 heavy (non-hydrogen) atoms. The second kappa shape index (κ2) is 9.65. The lowest BCUT2D eigenvalue weighted by atomic mass is 9.89. The molecule has 0 radical (unpaired) electrons. The van der Waals surface area contributed by atoms with Gasteiger partial charge in [-0.3, -0.25) is 4.79 Å². The Bertz CT molecular complexity index is 1240. The summed E-state index contributed by atoms with van der Waals surface area (Å²) in [7, 11) is -3.70. The van der Waals surface area contributed by atoms with Crippen LogP contribution in [0.2, 0.25) is 5.02 Å². The van der Waals surface area contributed by atoms with Gasteiger partial charge in [0, 0.05) is 13.1 Å². The number of carbonyl (C=O) groups excluding carboxylic acids is 1. The van der Waals surface area contributed by atoms with E-state index in [-0.39, 0.29) is 27.3 Å². The molecule has 1 aliphatic heterocycles. The number of pyridine rings is 1. The number of halogens is 1.